The molecule has 2 nitrogen and oxygen atoms in total. The maximum absolute atomic E-state index is 6.06. The molecule has 2 aromatic carbocycles. The lowest BCUT2D eigenvalue weighted by molar-refractivity contribution is 0.999. The van der Waals surface area contributed by atoms with Gasteiger partial charge in [-0.05, 0) is 36.2 Å². The summed E-state index contributed by atoms with van der Waals surface area (Å²) >= 11 is 3.50. The fourth-order valence-electron chi connectivity index (χ4n) is 2.34. The van der Waals surface area contributed by atoms with Crippen molar-refractivity contribution in [3.63, 3.8) is 0 Å². The van der Waals surface area contributed by atoms with Crippen LogP contribution in [0.15, 0.2) is 46.9 Å². The third-order valence-electron chi connectivity index (χ3n) is 3.17. The second-order valence-electron chi connectivity index (χ2n) is 4.23. The van der Waals surface area contributed by atoms with E-state index in [9.17, 15) is 0 Å². The summed E-state index contributed by atoms with van der Waals surface area (Å²) < 4.78 is 1.06. The van der Waals surface area contributed by atoms with Crippen molar-refractivity contribution in [2.75, 3.05) is 17.2 Å². The highest BCUT2D eigenvalue weighted by Gasteiger charge is 2.21. The van der Waals surface area contributed by atoms with Crippen molar-refractivity contribution in [3.05, 3.63) is 52.5 Å². The number of hydrogen-bond acceptors (Lipinski definition) is 2. The number of nitrogens with two attached hydrogens (primary N) is 1. The minimum atomic E-state index is 0.824. The zero-order chi connectivity index (χ0) is 11.8. The highest BCUT2D eigenvalue weighted by Crippen LogP contribution is 2.38. The van der Waals surface area contributed by atoms with E-state index in [0.29, 0.717) is 0 Å². The molecule has 0 fully saturated rings. The monoisotopic (exact) mass is 288 g/mol. The van der Waals surface area contributed by atoms with E-state index in [1.54, 1.807) is 0 Å². The Kier molecular flexibility index (Phi) is 2.56. The van der Waals surface area contributed by atoms with Crippen LogP contribution in [0.3, 0.4) is 0 Å². The third-order valence-corrected chi connectivity index (χ3v) is 3.66. The summed E-state index contributed by atoms with van der Waals surface area (Å²) in [7, 11) is 0. The number of halogens is 1. The Balaban J connectivity index is 2.10. The number of hydrogen-bond donors (Lipinski definition) is 1. The lowest BCUT2D eigenvalue weighted by Crippen LogP contribution is -2.14. The average molecular weight is 289 g/mol. The van der Waals surface area contributed by atoms with Gasteiger partial charge in [0.15, 0.2) is 0 Å². The van der Waals surface area contributed by atoms with E-state index < -0.39 is 0 Å². The van der Waals surface area contributed by atoms with E-state index >= 15 is 0 Å². The van der Waals surface area contributed by atoms with Gasteiger partial charge in [-0.15, -0.1) is 0 Å². The van der Waals surface area contributed by atoms with Gasteiger partial charge in [0.25, 0.3) is 0 Å². The smallest absolute Gasteiger partial charge is 0.0655 e. The van der Waals surface area contributed by atoms with Crippen LogP contribution in [0.4, 0.5) is 17.1 Å². The van der Waals surface area contributed by atoms with E-state index in [0.717, 1.165) is 28.8 Å². The van der Waals surface area contributed by atoms with Crippen LogP contribution in [0.1, 0.15) is 5.56 Å². The maximum atomic E-state index is 6.06. The van der Waals surface area contributed by atoms with Crippen molar-refractivity contribution in [1.82, 2.24) is 0 Å². The van der Waals surface area contributed by atoms with Gasteiger partial charge in [-0.3, -0.25) is 0 Å². The Morgan fingerprint density at radius 3 is 2.76 bits per heavy atom. The second kappa shape index (κ2) is 4.08. The van der Waals surface area contributed by atoms with Gasteiger partial charge >= 0.3 is 0 Å². The molecule has 0 atom stereocenters. The van der Waals surface area contributed by atoms with Crippen LogP contribution in [0.2, 0.25) is 0 Å². The zero-order valence-electron chi connectivity index (χ0n) is 9.36. The molecule has 2 aromatic rings. The van der Waals surface area contributed by atoms with Crippen molar-refractivity contribution in [1.29, 1.82) is 0 Å². The first-order valence-electron chi connectivity index (χ1n) is 5.66. The predicted molar refractivity (Wildman–Crippen MR) is 75.7 cm³/mol. The number of anilines is 3. The fourth-order valence-corrected chi connectivity index (χ4v) is 2.69. The number of para-hydroxylation sites is 1. The first-order valence-corrected chi connectivity index (χ1v) is 6.45. The second-order valence-corrected chi connectivity index (χ2v) is 5.15. The Morgan fingerprint density at radius 2 is 1.88 bits per heavy atom. The molecule has 1 aliphatic heterocycles. The molecule has 0 unspecified atom stereocenters. The molecule has 0 aliphatic carbocycles. The van der Waals surface area contributed by atoms with Gasteiger partial charge in [0.1, 0.15) is 0 Å². The zero-order valence-corrected chi connectivity index (χ0v) is 10.9. The van der Waals surface area contributed by atoms with Gasteiger partial charge in [-0.2, -0.15) is 0 Å². The summed E-state index contributed by atoms with van der Waals surface area (Å²) in [4.78, 5) is 2.29. The van der Waals surface area contributed by atoms with Gasteiger partial charge in [0.05, 0.1) is 11.4 Å². The molecule has 0 amide bonds. The summed E-state index contributed by atoms with van der Waals surface area (Å²) in [6.45, 7) is 1.000. The first kappa shape index (κ1) is 10.7. The Hall–Kier alpha value is -1.48. The molecule has 86 valence electrons. The molecule has 17 heavy (non-hydrogen) atoms. The summed E-state index contributed by atoms with van der Waals surface area (Å²) in [5.74, 6) is 0. The van der Waals surface area contributed by atoms with E-state index in [-0.39, 0.29) is 0 Å². The molecule has 0 bridgehead atoms. The highest BCUT2D eigenvalue weighted by molar-refractivity contribution is 9.10. The van der Waals surface area contributed by atoms with Crippen molar-refractivity contribution in [2.24, 2.45) is 0 Å². The van der Waals surface area contributed by atoms with Gasteiger partial charge < -0.3 is 10.6 Å². The molecule has 1 heterocycles. The topological polar surface area (TPSA) is 29.3 Å². The summed E-state index contributed by atoms with van der Waals surface area (Å²) in [5.41, 5.74) is 10.6. The Labute approximate surface area is 109 Å². The SMILES string of the molecule is Nc1ccc(Br)cc1N1CCc2ccccc21. The molecule has 3 heteroatoms. The highest BCUT2D eigenvalue weighted by atomic mass is 79.9. The van der Waals surface area contributed by atoms with E-state index in [2.05, 4.69) is 51.2 Å². The van der Waals surface area contributed by atoms with Gasteiger partial charge in [0, 0.05) is 16.7 Å². The number of rotatable bonds is 1. The molecule has 0 radical (unpaired) electrons. The summed E-state index contributed by atoms with van der Waals surface area (Å²) in [6, 6.07) is 14.5. The predicted octanol–water partition coefficient (Wildman–Crippen LogP) is 3.73. The van der Waals surface area contributed by atoms with Crippen molar-refractivity contribution in [2.45, 2.75) is 6.42 Å². The average Bonchev–Trinajstić information content (AvgIpc) is 2.76. The summed E-state index contributed by atoms with van der Waals surface area (Å²) in [6.07, 6.45) is 1.09. The van der Waals surface area contributed by atoms with Crippen LogP contribution >= 0.6 is 15.9 Å². The molecule has 0 aromatic heterocycles. The van der Waals surface area contributed by atoms with E-state index in [1.807, 2.05) is 12.1 Å². The maximum Gasteiger partial charge on any atom is 0.0655 e. The number of benzene rings is 2. The van der Waals surface area contributed by atoms with Crippen molar-refractivity contribution < 1.29 is 0 Å². The molecule has 2 N–H and O–H groups in total. The molecule has 3 rings (SSSR count). The van der Waals surface area contributed by atoms with Crippen LogP contribution in [0.5, 0.6) is 0 Å². The van der Waals surface area contributed by atoms with Crippen LogP contribution < -0.4 is 10.6 Å². The first-order chi connectivity index (χ1) is 8.25. The normalized spacial score (nSPS) is 13.8. The number of nitrogen functional groups attached to an aromatic ring is 1. The number of fused-ring (bicyclic) bond motifs is 1. The minimum Gasteiger partial charge on any atom is -0.397 e. The molecule has 0 spiro atoms. The lowest BCUT2D eigenvalue weighted by Gasteiger charge is -2.21. The molecule has 0 saturated heterocycles. The summed E-state index contributed by atoms with van der Waals surface area (Å²) in [5, 5.41) is 0. The van der Waals surface area contributed by atoms with Crippen LogP contribution in [-0.2, 0) is 6.42 Å². The van der Waals surface area contributed by atoms with Gasteiger partial charge in [-0.1, -0.05) is 34.1 Å². The molecular weight excluding hydrogens is 276 g/mol. The Morgan fingerprint density at radius 1 is 1.06 bits per heavy atom. The largest absolute Gasteiger partial charge is 0.397 e. The van der Waals surface area contributed by atoms with Gasteiger partial charge in [0.2, 0.25) is 0 Å². The Bertz CT molecular complexity index is 566. The number of nitrogens with zero attached hydrogens (tertiary/aromatic N) is 1. The van der Waals surface area contributed by atoms with Crippen molar-refractivity contribution in [3.8, 4) is 0 Å². The standard InChI is InChI=1S/C14H13BrN2/c15-11-5-6-12(16)14(9-11)17-8-7-10-3-1-2-4-13(10)17/h1-6,9H,7-8,16H2. The van der Waals surface area contributed by atoms with E-state index in [4.69, 9.17) is 5.73 Å². The fraction of sp³-hybridized carbons (Fsp3) is 0.143. The lowest BCUT2D eigenvalue weighted by atomic mass is 10.2. The van der Waals surface area contributed by atoms with Crippen molar-refractivity contribution >= 4 is 33.0 Å². The minimum absolute atomic E-state index is 0.824. The quantitative estimate of drug-likeness (QED) is 0.811. The molecular formula is C14H13BrN2. The van der Waals surface area contributed by atoms with Crippen LogP contribution in [-0.4, -0.2) is 6.54 Å². The van der Waals surface area contributed by atoms with Crippen LogP contribution in [0.25, 0.3) is 0 Å². The molecule has 1 aliphatic rings. The van der Waals surface area contributed by atoms with E-state index in [1.165, 1.54) is 11.3 Å². The molecule has 0 saturated carbocycles. The van der Waals surface area contributed by atoms with Crippen LogP contribution in [0, 0.1) is 0 Å². The van der Waals surface area contributed by atoms with Gasteiger partial charge in [-0.25, -0.2) is 0 Å². The third kappa shape index (κ3) is 1.80.